The second kappa shape index (κ2) is 8.62. The molecule has 0 bridgehead atoms. The topological polar surface area (TPSA) is 93.0 Å². The summed E-state index contributed by atoms with van der Waals surface area (Å²) in [4.78, 5) is 27.4. The van der Waals surface area contributed by atoms with Gasteiger partial charge in [0.1, 0.15) is 0 Å². The highest BCUT2D eigenvalue weighted by molar-refractivity contribution is 6.30. The molecule has 1 aromatic heterocycles. The Bertz CT molecular complexity index is 1070. The quantitative estimate of drug-likeness (QED) is 0.694. The SMILES string of the molecule is Cn1nnnc1-c1cccc(NC(=O)C2CCCN(C(=O)c3ccc(Cl)cc3)C2)c1. The van der Waals surface area contributed by atoms with Crippen molar-refractivity contribution in [1.29, 1.82) is 0 Å². The number of likely N-dealkylation sites (tertiary alicyclic amines) is 1. The van der Waals surface area contributed by atoms with Crippen molar-refractivity contribution in [3.8, 4) is 11.4 Å². The van der Waals surface area contributed by atoms with Gasteiger partial charge >= 0.3 is 0 Å². The van der Waals surface area contributed by atoms with Crippen molar-refractivity contribution in [2.24, 2.45) is 13.0 Å². The summed E-state index contributed by atoms with van der Waals surface area (Å²) in [6, 6.07) is 14.2. The molecular weight excluding hydrogens is 404 g/mol. The molecule has 1 aliphatic rings. The van der Waals surface area contributed by atoms with Crippen LogP contribution in [0.4, 0.5) is 5.69 Å². The first-order valence-electron chi connectivity index (χ1n) is 9.70. The number of hydrogen-bond acceptors (Lipinski definition) is 5. The molecule has 2 amide bonds. The normalized spacial score (nSPS) is 16.3. The second-order valence-corrected chi connectivity index (χ2v) is 7.73. The van der Waals surface area contributed by atoms with Gasteiger partial charge in [-0.05, 0) is 59.7 Å². The summed E-state index contributed by atoms with van der Waals surface area (Å²) < 4.78 is 1.57. The Labute approximate surface area is 178 Å². The Hall–Kier alpha value is -3.26. The monoisotopic (exact) mass is 424 g/mol. The Morgan fingerprint density at radius 3 is 2.70 bits per heavy atom. The van der Waals surface area contributed by atoms with Crippen LogP contribution in [0.5, 0.6) is 0 Å². The molecule has 2 aromatic carbocycles. The van der Waals surface area contributed by atoms with Crippen LogP contribution in [-0.2, 0) is 11.8 Å². The first kappa shape index (κ1) is 20.0. The molecule has 1 N–H and O–H groups in total. The number of nitrogens with one attached hydrogen (secondary N) is 1. The van der Waals surface area contributed by atoms with Gasteiger partial charge in [-0.25, -0.2) is 4.68 Å². The Morgan fingerprint density at radius 1 is 1.17 bits per heavy atom. The zero-order valence-electron chi connectivity index (χ0n) is 16.5. The zero-order valence-corrected chi connectivity index (χ0v) is 17.2. The number of piperidine rings is 1. The van der Waals surface area contributed by atoms with E-state index in [2.05, 4.69) is 20.8 Å². The summed E-state index contributed by atoms with van der Waals surface area (Å²) in [5.74, 6) is 0.163. The van der Waals surface area contributed by atoms with E-state index >= 15 is 0 Å². The Balaban J connectivity index is 1.43. The number of aryl methyl sites for hydroxylation is 1. The van der Waals surface area contributed by atoms with Gasteiger partial charge in [0, 0.05) is 42.0 Å². The zero-order chi connectivity index (χ0) is 21.1. The highest BCUT2D eigenvalue weighted by Crippen LogP contribution is 2.23. The third-order valence-electron chi connectivity index (χ3n) is 5.18. The first-order valence-corrected chi connectivity index (χ1v) is 10.1. The largest absolute Gasteiger partial charge is 0.338 e. The van der Waals surface area contributed by atoms with Crippen LogP contribution in [0.3, 0.4) is 0 Å². The van der Waals surface area contributed by atoms with Crippen LogP contribution >= 0.6 is 11.6 Å². The minimum Gasteiger partial charge on any atom is -0.338 e. The molecular formula is C21H21ClN6O2. The summed E-state index contributed by atoms with van der Waals surface area (Å²) in [5.41, 5.74) is 2.05. The van der Waals surface area contributed by atoms with E-state index in [9.17, 15) is 9.59 Å². The van der Waals surface area contributed by atoms with Gasteiger partial charge in [0.2, 0.25) is 5.91 Å². The van der Waals surface area contributed by atoms with Gasteiger partial charge in [-0.15, -0.1) is 5.10 Å². The minimum atomic E-state index is -0.268. The Kier molecular flexibility index (Phi) is 5.76. The lowest BCUT2D eigenvalue weighted by Gasteiger charge is -2.32. The van der Waals surface area contributed by atoms with E-state index in [0.717, 1.165) is 18.4 Å². The van der Waals surface area contributed by atoms with Crippen LogP contribution in [0.1, 0.15) is 23.2 Å². The highest BCUT2D eigenvalue weighted by atomic mass is 35.5. The molecule has 1 aliphatic heterocycles. The molecule has 8 nitrogen and oxygen atoms in total. The summed E-state index contributed by atoms with van der Waals surface area (Å²) in [6.07, 6.45) is 1.52. The number of hydrogen-bond donors (Lipinski definition) is 1. The van der Waals surface area contributed by atoms with E-state index < -0.39 is 0 Å². The van der Waals surface area contributed by atoms with E-state index in [1.54, 1.807) is 40.9 Å². The molecule has 2 heterocycles. The van der Waals surface area contributed by atoms with Gasteiger partial charge < -0.3 is 10.2 Å². The van der Waals surface area contributed by atoms with Gasteiger partial charge in [-0.1, -0.05) is 23.7 Å². The molecule has 4 rings (SSSR count). The predicted octanol–water partition coefficient (Wildman–Crippen LogP) is 3.02. The van der Waals surface area contributed by atoms with Crippen molar-refractivity contribution in [2.75, 3.05) is 18.4 Å². The maximum absolute atomic E-state index is 12.9. The van der Waals surface area contributed by atoms with Crippen molar-refractivity contribution in [2.45, 2.75) is 12.8 Å². The molecule has 30 heavy (non-hydrogen) atoms. The van der Waals surface area contributed by atoms with Crippen LogP contribution in [0.15, 0.2) is 48.5 Å². The number of carbonyl (C=O) groups excluding carboxylic acids is 2. The predicted molar refractivity (Wildman–Crippen MR) is 113 cm³/mol. The van der Waals surface area contributed by atoms with Gasteiger partial charge in [0.05, 0.1) is 5.92 Å². The minimum absolute atomic E-state index is 0.0825. The molecule has 154 valence electrons. The lowest BCUT2D eigenvalue weighted by molar-refractivity contribution is -0.121. The van der Waals surface area contributed by atoms with Crippen LogP contribution in [0.25, 0.3) is 11.4 Å². The maximum Gasteiger partial charge on any atom is 0.253 e. The van der Waals surface area contributed by atoms with Gasteiger partial charge in [0.25, 0.3) is 5.91 Å². The lowest BCUT2D eigenvalue weighted by Crippen LogP contribution is -2.43. The smallest absolute Gasteiger partial charge is 0.253 e. The fourth-order valence-corrected chi connectivity index (χ4v) is 3.73. The summed E-state index contributed by atoms with van der Waals surface area (Å²) in [7, 11) is 1.76. The number of benzene rings is 2. The fraction of sp³-hybridized carbons (Fsp3) is 0.286. The second-order valence-electron chi connectivity index (χ2n) is 7.29. The van der Waals surface area contributed by atoms with E-state index in [1.165, 1.54) is 0 Å². The van der Waals surface area contributed by atoms with E-state index in [1.807, 2.05) is 24.3 Å². The lowest BCUT2D eigenvalue weighted by atomic mass is 9.96. The molecule has 0 spiro atoms. The fourth-order valence-electron chi connectivity index (χ4n) is 3.61. The number of halogens is 1. The molecule has 0 saturated carbocycles. The van der Waals surface area contributed by atoms with Gasteiger partial charge in [-0.2, -0.15) is 0 Å². The third kappa shape index (κ3) is 4.33. The van der Waals surface area contributed by atoms with Crippen LogP contribution in [0.2, 0.25) is 5.02 Å². The van der Waals surface area contributed by atoms with E-state index in [0.29, 0.717) is 35.2 Å². The van der Waals surface area contributed by atoms with Gasteiger partial charge in [-0.3, -0.25) is 9.59 Å². The standard InChI is InChI=1S/C21H21ClN6O2/c1-27-19(24-25-26-27)15-4-2-6-18(12-15)23-20(29)16-5-3-11-28(13-16)21(30)14-7-9-17(22)10-8-14/h2,4,6-10,12,16H,3,5,11,13H2,1H3,(H,23,29). The van der Waals surface area contributed by atoms with Gasteiger partial charge in [0.15, 0.2) is 5.82 Å². The van der Waals surface area contributed by atoms with Crippen molar-refractivity contribution in [3.63, 3.8) is 0 Å². The third-order valence-corrected chi connectivity index (χ3v) is 5.43. The maximum atomic E-state index is 12.9. The molecule has 1 unspecified atom stereocenters. The highest BCUT2D eigenvalue weighted by Gasteiger charge is 2.29. The average molecular weight is 425 g/mol. The van der Waals surface area contributed by atoms with Crippen molar-refractivity contribution in [3.05, 3.63) is 59.1 Å². The van der Waals surface area contributed by atoms with E-state index in [4.69, 9.17) is 11.6 Å². The molecule has 1 fully saturated rings. The van der Waals surface area contributed by atoms with Crippen LogP contribution < -0.4 is 5.32 Å². The number of tetrazole rings is 1. The average Bonchev–Trinajstić information content (AvgIpc) is 3.20. The molecule has 9 heteroatoms. The summed E-state index contributed by atoms with van der Waals surface area (Å²) >= 11 is 5.91. The summed E-state index contributed by atoms with van der Waals surface area (Å²) in [6.45, 7) is 1.03. The van der Waals surface area contributed by atoms with Crippen molar-refractivity contribution < 1.29 is 9.59 Å². The number of anilines is 1. The number of nitrogens with zero attached hydrogens (tertiary/aromatic N) is 5. The number of rotatable bonds is 4. The van der Waals surface area contributed by atoms with Crippen LogP contribution in [-0.4, -0.2) is 50.0 Å². The van der Waals surface area contributed by atoms with E-state index in [-0.39, 0.29) is 17.7 Å². The molecule has 0 radical (unpaired) electrons. The molecule has 3 aromatic rings. The molecule has 1 saturated heterocycles. The number of carbonyl (C=O) groups is 2. The van der Waals surface area contributed by atoms with Crippen molar-refractivity contribution >= 4 is 29.1 Å². The first-order chi connectivity index (χ1) is 14.5. The summed E-state index contributed by atoms with van der Waals surface area (Å²) in [5, 5.41) is 15.0. The van der Waals surface area contributed by atoms with Crippen LogP contribution in [0, 0.1) is 5.92 Å². The molecule has 0 aliphatic carbocycles. The number of amides is 2. The van der Waals surface area contributed by atoms with Crippen molar-refractivity contribution in [1.82, 2.24) is 25.1 Å². The molecule has 1 atom stereocenters. The Morgan fingerprint density at radius 2 is 1.97 bits per heavy atom. The number of aromatic nitrogens is 4.